The van der Waals surface area contributed by atoms with Gasteiger partial charge in [0, 0.05) is 24.4 Å². The standard InChI is InChI=1S/C11H24N2O2S2/c1-4-13(17(3,14)15)8-5-7-12-11-6-9-16-10(11)2/h10-12H,4-9H2,1-3H3. The van der Waals surface area contributed by atoms with Gasteiger partial charge in [0.2, 0.25) is 10.0 Å². The van der Waals surface area contributed by atoms with E-state index in [1.807, 2.05) is 18.7 Å². The third kappa shape index (κ3) is 5.16. The predicted octanol–water partition coefficient (Wildman–Crippen LogP) is 1.14. The lowest BCUT2D eigenvalue weighted by Crippen LogP contribution is -2.37. The molecule has 0 aromatic heterocycles. The third-order valence-corrected chi connectivity index (χ3v) is 5.89. The van der Waals surface area contributed by atoms with E-state index in [9.17, 15) is 8.42 Å². The van der Waals surface area contributed by atoms with Gasteiger partial charge in [-0.3, -0.25) is 0 Å². The Morgan fingerprint density at radius 2 is 2.18 bits per heavy atom. The lowest BCUT2D eigenvalue weighted by Gasteiger charge is -2.20. The van der Waals surface area contributed by atoms with E-state index in [0.29, 0.717) is 24.4 Å². The molecule has 4 nitrogen and oxygen atoms in total. The third-order valence-electron chi connectivity index (χ3n) is 3.19. The highest BCUT2D eigenvalue weighted by Crippen LogP contribution is 2.25. The summed E-state index contributed by atoms with van der Waals surface area (Å²) in [5, 5.41) is 4.21. The van der Waals surface area contributed by atoms with Crippen LogP contribution in [0.4, 0.5) is 0 Å². The number of hydrogen-bond donors (Lipinski definition) is 1. The van der Waals surface area contributed by atoms with E-state index >= 15 is 0 Å². The smallest absolute Gasteiger partial charge is 0.211 e. The molecule has 1 heterocycles. The summed E-state index contributed by atoms with van der Waals surface area (Å²) in [7, 11) is -3.02. The van der Waals surface area contributed by atoms with Crippen LogP contribution in [0.5, 0.6) is 0 Å². The largest absolute Gasteiger partial charge is 0.313 e. The summed E-state index contributed by atoms with van der Waals surface area (Å²) in [5.41, 5.74) is 0. The second-order valence-electron chi connectivity index (χ2n) is 4.53. The van der Waals surface area contributed by atoms with Crippen molar-refractivity contribution in [3.05, 3.63) is 0 Å². The van der Waals surface area contributed by atoms with E-state index in [0.717, 1.165) is 13.0 Å². The molecule has 0 radical (unpaired) electrons. The van der Waals surface area contributed by atoms with Crippen LogP contribution in [0.25, 0.3) is 0 Å². The van der Waals surface area contributed by atoms with E-state index in [1.54, 1.807) is 0 Å². The summed E-state index contributed by atoms with van der Waals surface area (Å²) in [4.78, 5) is 0. The lowest BCUT2D eigenvalue weighted by atomic mass is 10.2. The first-order chi connectivity index (χ1) is 7.95. The molecule has 1 fully saturated rings. The maximum atomic E-state index is 11.4. The van der Waals surface area contributed by atoms with Crippen molar-refractivity contribution in [1.82, 2.24) is 9.62 Å². The van der Waals surface area contributed by atoms with Gasteiger partial charge < -0.3 is 5.32 Å². The molecule has 0 amide bonds. The van der Waals surface area contributed by atoms with Gasteiger partial charge in [0.15, 0.2) is 0 Å². The van der Waals surface area contributed by atoms with Crippen molar-refractivity contribution < 1.29 is 8.42 Å². The zero-order valence-corrected chi connectivity index (χ0v) is 12.6. The van der Waals surface area contributed by atoms with Crippen molar-refractivity contribution in [2.45, 2.75) is 38.0 Å². The fourth-order valence-corrected chi connectivity index (χ4v) is 4.26. The van der Waals surface area contributed by atoms with E-state index in [-0.39, 0.29) is 0 Å². The molecule has 17 heavy (non-hydrogen) atoms. The number of nitrogens with one attached hydrogen (secondary N) is 1. The molecule has 1 N–H and O–H groups in total. The molecule has 6 heteroatoms. The van der Waals surface area contributed by atoms with Crippen molar-refractivity contribution in [1.29, 1.82) is 0 Å². The molecular weight excluding hydrogens is 256 g/mol. The maximum absolute atomic E-state index is 11.4. The molecule has 1 aliphatic heterocycles. The van der Waals surface area contributed by atoms with E-state index in [1.165, 1.54) is 22.7 Å². The summed E-state index contributed by atoms with van der Waals surface area (Å²) >= 11 is 2.01. The number of sulfonamides is 1. The normalized spacial score (nSPS) is 25.6. The van der Waals surface area contributed by atoms with Crippen LogP contribution in [0, 0.1) is 0 Å². The molecule has 2 atom stereocenters. The predicted molar refractivity (Wildman–Crippen MR) is 75.0 cm³/mol. The molecule has 0 bridgehead atoms. The van der Waals surface area contributed by atoms with Crippen LogP contribution in [0.15, 0.2) is 0 Å². The summed E-state index contributed by atoms with van der Waals surface area (Å²) in [6, 6.07) is 0.605. The van der Waals surface area contributed by atoms with Gasteiger partial charge in [-0.2, -0.15) is 11.8 Å². The topological polar surface area (TPSA) is 49.4 Å². The molecule has 0 aromatic carbocycles. The Morgan fingerprint density at radius 1 is 1.47 bits per heavy atom. The second kappa shape index (κ2) is 6.97. The summed E-state index contributed by atoms with van der Waals surface area (Å²) in [6.07, 6.45) is 3.39. The van der Waals surface area contributed by atoms with E-state index in [2.05, 4.69) is 12.2 Å². The van der Waals surface area contributed by atoms with Crippen molar-refractivity contribution in [2.75, 3.05) is 31.6 Å². The van der Waals surface area contributed by atoms with Gasteiger partial charge in [-0.25, -0.2) is 12.7 Å². The number of nitrogens with zero attached hydrogens (tertiary/aromatic N) is 1. The van der Waals surface area contributed by atoms with Crippen LogP contribution in [-0.4, -0.2) is 55.7 Å². The first kappa shape index (κ1) is 15.3. The molecule has 1 rings (SSSR count). The zero-order valence-electron chi connectivity index (χ0n) is 11.0. The highest BCUT2D eigenvalue weighted by atomic mass is 32.2. The van der Waals surface area contributed by atoms with Crippen molar-refractivity contribution in [2.24, 2.45) is 0 Å². The van der Waals surface area contributed by atoms with Crippen molar-refractivity contribution in [3.8, 4) is 0 Å². The van der Waals surface area contributed by atoms with Crippen LogP contribution in [0.1, 0.15) is 26.7 Å². The Bertz CT molecular complexity index is 319. The Hall–Kier alpha value is 0.220. The van der Waals surface area contributed by atoms with Gasteiger partial charge in [-0.05, 0) is 25.1 Å². The zero-order chi connectivity index (χ0) is 12.9. The molecule has 2 unspecified atom stereocenters. The molecule has 0 saturated carbocycles. The highest BCUT2D eigenvalue weighted by molar-refractivity contribution is 8.00. The minimum absolute atomic E-state index is 0.564. The van der Waals surface area contributed by atoms with Crippen LogP contribution < -0.4 is 5.32 Å². The van der Waals surface area contributed by atoms with Gasteiger partial charge in [0.1, 0.15) is 0 Å². The van der Waals surface area contributed by atoms with Gasteiger partial charge in [0.05, 0.1) is 6.26 Å². The molecule has 102 valence electrons. The van der Waals surface area contributed by atoms with Gasteiger partial charge in [-0.1, -0.05) is 13.8 Å². The van der Waals surface area contributed by atoms with Gasteiger partial charge in [0.25, 0.3) is 0 Å². The quantitative estimate of drug-likeness (QED) is 0.711. The Morgan fingerprint density at radius 3 is 2.65 bits per heavy atom. The van der Waals surface area contributed by atoms with E-state index < -0.39 is 10.0 Å². The minimum atomic E-state index is -3.02. The second-order valence-corrected chi connectivity index (χ2v) is 8.00. The van der Waals surface area contributed by atoms with Crippen molar-refractivity contribution in [3.63, 3.8) is 0 Å². The molecule has 0 aliphatic carbocycles. The Labute approximate surface area is 110 Å². The molecule has 0 spiro atoms. The SMILES string of the molecule is CCN(CCCNC1CCSC1C)S(C)(=O)=O. The van der Waals surface area contributed by atoms with Crippen LogP contribution in [-0.2, 0) is 10.0 Å². The highest BCUT2D eigenvalue weighted by Gasteiger charge is 2.23. The molecular formula is C11H24N2O2S2. The lowest BCUT2D eigenvalue weighted by molar-refractivity contribution is 0.409. The first-order valence-electron chi connectivity index (χ1n) is 6.25. The van der Waals surface area contributed by atoms with Crippen LogP contribution in [0.2, 0.25) is 0 Å². The molecule has 1 saturated heterocycles. The maximum Gasteiger partial charge on any atom is 0.211 e. The molecule has 0 aromatic rings. The average molecular weight is 280 g/mol. The fourth-order valence-electron chi connectivity index (χ4n) is 2.10. The number of rotatable bonds is 7. The number of thioether (sulfide) groups is 1. The minimum Gasteiger partial charge on any atom is -0.313 e. The van der Waals surface area contributed by atoms with Gasteiger partial charge in [-0.15, -0.1) is 0 Å². The average Bonchev–Trinajstić information content (AvgIpc) is 2.62. The Kier molecular flexibility index (Phi) is 6.26. The first-order valence-corrected chi connectivity index (χ1v) is 9.15. The summed E-state index contributed by atoms with van der Waals surface area (Å²) in [6.45, 7) is 6.22. The van der Waals surface area contributed by atoms with E-state index in [4.69, 9.17) is 0 Å². The van der Waals surface area contributed by atoms with Crippen LogP contribution in [0.3, 0.4) is 0 Å². The van der Waals surface area contributed by atoms with Crippen LogP contribution >= 0.6 is 11.8 Å². The summed E-state index contributed by atoms with van der Waals surface area (Å²) < 4.78 is 24.3. The number of hydrogen-bond acceptors (Lipinski definition) is 4. The summed E-state index contributed by atoms with van der Waals surface area (Å²) in [5.74, 6) is 1.24. The van der Waals surface area contributed by atoms with Crippen molar-refractivity contribution >= 4 is 21.8 Å². The Balaban J connectivity index is 2.19. The monoisotopic (exact) mass is 280 g/mol. The molecule has 1 aliphatic rings. The fraction of sp³-hybridized carbons (Fsp3) is 1.00. The van der Waals surface area contributed by atoms with Gasteiger partial charge >= 0.3 is 0 Å².